The van der Waals surface area contributed by atoms with E-state index in [0.29, 0.717) is 11.8 Å². The molecule has 2 aromatic heterocycles. The Morgan fingerprint density at radius 1 is 1.39 bits per heavy atom. The lowest BCUT2D eigenvalue weighted by atomic mass is 9.99. The van der Waals surface area contributed by atoms with Crippen LogP contribution in [-0.4, -0.2) is 23.2 Å². The predicted octanol–water partition coefficient (Wildman–Crippen LogP) is 2.30. The Bertz CT molecular complexity index is 510. The van der Waals surface area contributed by atoms with Gasteiger partial charge in [0, 0.05) is 18.5 Å². The molecule has 18 heavy (non-hydrogen) atoms. The van der Waals surface area contributed by atoms with Crippen LogP contribution in [0.1, 0.15) is 36.2 Å². The number of aromatic nitrogens is 2. The summed E-state index contributed by atoms with van der Waals surface area (Å²) in [5, 5.41) is 7.37. The Labute approximate surface area is 105 Å². The summed E-state index contributed by atoms with van der Waals surface area (Å²) in [6.45, 7) is 2.01. The first-order valence-electron chi connectivity index (χ1n) is 6.18. The first-order chi connectivity index (χ1) is 8.92. The number of piperidine rings is 1. The van der Waals surface area contributed by atoms with Crippen molar-refractivity contribution in [2.75, 3.05) is 13.1 Å². The Morgan fingerprint density at radius 2 is 2.39 bits per heavy atom. The van der Waals surface area contributed by atoms with Crippen molar-refractivity contribution in [2.45, 2.75) is 18.8 Å². The molecule has 5 heteroatoms. The van der Waals surface area contributed by atoms with Gasteiger partial charge in [-0.15, -0.1) is 0 Å². The summed E-state index contributed by atoms with van der Waals surface area (Å²) in [5.74, 6) is 2.45. The normalized spacial score (nSPS) is 20.6. The SMILES string of the molecule is C(=C\c1nc(C2CCCNC2)no1)/c1ccco1. The molecule has 1 fully saturated rings. The van der Waals surface area contributed by atoms with Gasteiger partial charge in [-0.1, -0.05) is 5.16 Å². The Hall–Kier alpha value is -1.88. The highest BCUT2D eigenvalue weighted by Gasteiger charge is 2.19. The minimum Gasteiger partial charge on any atom is -0.465 e. The van der Waals surface area contributed by atoms with E-state index in [1.165, 1.54) is 0 Å². The van der Waals surface area contributed by atoms with Gasteiger partial charge in [-0.25, -0.2) is 0 Å². The van der Waals surface area contributed by atoms with Crippen molar-refractivity contribution < 1.29 is 8.94 Å². The van der Waals surface area contributed by atoms with Gasteiger partial charge in [0.1, 0.15) is 5.76 Å². The van der Waals surface area contributed by atoms with Crippen molar-refractivity contribution in [3.05, 3.63) is 35.9 Å². The maximum absolute atomic E-state index is 5.20. The van der Waals surface area contributed by atoms with Gasteiger partial charge in [0.15, 0.2) is 5.82 Å². The second kappa shape index (κ2) is 5.18. The van der Waals surface area contributed by atoms with Crippen LogP contribution in [0.5, 0.6) is 0 Å². The summed E-state index contributed by atoms with van der Waals surface area (Å²) >= 11 is 0. The van der Waals surface area contributed by atoms with E-state index in [1.807, 2.05) is 18.2 Å². The van der Waals surface area contributed by atoms with Crippen LogP contribution in [0.25, 0.3) is 12.2 Å². The minimum atomic E-state index is 0.369. The van der Waals surface area contributed by atoms with Gasteiger partial charge >= 0.3 is 0 Å². The summed E-state index contributed by atoms with van der Waals surface area (Å²) in [5.41, 5.74) is 0. The highest BCUT2D eigenvalue weighted by atomic mass is 16.5. The molecule has 1 aliphatic rings. The third-order valence-electron chi connectivity index (χ3n) is 3.05. The molecule has 0 aromatic carbocycles. The van der Waals surface area contributed by atoms with Gasteiger partial charge < -0.3 is 14.3 Å². The number of hydrogen-bond acceptors (Lipinski definition) is 5. The average Bonchev–Trinajstić information content (AvgIpc) is 3.09. The maximum Gasteiger partial charge on any atom is 0.250 e. The fourth-order valence-electron chi connectivity index (χ4n) is 2.09. The standard InChI is InChI=1S/C13H15N3O2/c1-3-10(9-14-7-1)13-15-12(18-16-13)6-5-11-4-2-8-17-11/h2,4-6,8,10,14H,1,3,7,9H2/b6-5+. The molecule has 1 N–H and O–H groups in total. The molecule has 0 aliphatic carbocycles. The maximum atomic E-state index is 5.20. The third-order valence-corrected chi connectivity index (χ3v) is 3.05. The van der Waals surface area contributed by atoms with Gasteiger partial charge in [0.2, 0.25) is 0 Å². The van der Waals surface area contributed by atoms with E-state index < -0.39 is 0 Å². The first kappa shape index (κ1) is 11.2. The van der Waals surface area contributed by atoms with Crippen molar-refractivity contribution in [3.63, 3.8) is 0 Å². The highest BCUT2D eigenvalue weighted by molar-refractivity contribution is 5.62. The zero-order valence-corrected chi connectivity index (χ0v) is 10.0. The van der Waals surface area contributed by atoms with Crippen LogP contribution in [-0.2, 0) is 0 Å². The molecule has 0 amide bonds. The topological polar surface area (TPSA) is 64.1 Å². The Balaban J connectivity index is 1.69. The van der Waals surface area contributed by atoms with Gasteiger partial charge in [0.25, 0.3) is 5.89 Å². The van der Waals surface area contributed by atoms with Gasteiger partial charge in [-0.2, -0.15) is 4.98 Å². The predicted molar refractivity (Wildman–Crippen MR) is 66.8 cm³/mol. The van der Waals surface area contributed by atoms with Crippen LogP contribution < -0.4 is 5.32 Å². The molecule has 1 aliphatic heterocycles. The molecule has 94 valence electrons. The third kappa shape index (κ3) is 2.51. The van der Waals surface area contributed by atoms with Crippen LogP contribution in [0.4, 0.5) is 0 Å². The van der Waals surface area contributed by atoms with Crippen molar-refractivity contribution >= 4 is 12.2 Å². The summed E-state index contributed by atoms with van der Waals surface area (Å²) in [4.78, 5) is 4.39. The highest BCUT2D eigenvalue weighted by Crippen LogP contribution is 2.20. The summed E-state index contributed by atoms with van der Waals surface area (Å²) in [6.07, 6.45) is 7.50. The number of hydrogen-bond donors (Lipinski definition) is 1. The van der Waals surface area contributed by atoms with E-state index in [9.17, 15) is 0 Å². The minimum absolute atomic E-state index is 0.369. The molecule has 3 heterocycles. The summed E-state index contributed by atoms with van der Waals surface area (Å²) in [6, 6.07) is 3.71. The van der Waals surface area contributed by atoms with E-state index in [2.05, 4.69) is 15.5 Å². The summed E-state index contributed by atoms with van der Waals surface area (Å²) in [7, 11) is 0. The Kier molecular flexibility index (Phi) is 3.23. The largest absolute Gasteiger partial charge is 0.465 e. The van der Waals surface area contributed by atoms with Crippen LogP contribution >= 0.6 is 0 Å². The van der Waals surface area contributed by atoms with Crippen LogP contribution in [0.15, 0.2) is 27.3 Å². The van der Waals surface area contributed by atoms with Crippen LogP contribution in [0.2, 0.25) is 0 Å². The zero-order valence-electron chi connectivity index (χ0n) is 10.0. The number of furan rings is 1. The second-order valence-electron chi connectivity index (χ2n) is 4.38. The average molecular weight is 245 g/mol. The van der Waals surface area contributed by atoms with E-state index in [-0.39, 0.29) is 0 Å². The van der Waals surface area contributed by atoms with Gasteiger partial charge in [0.05, 0.1) is 6.26 Å². The number of nitrogens with one attached hydrogen (secondary N) is 1. The molecule has 0 bridgehead atoms. The molecular formula is C13H15N3O2. The number of rotatable bonds is 3. The van der Waals surface area contributed by atoms with E-state index >= 15 is 0 Å². The molecule has 0 saturated carbocycles. The molecule has 0 spiro atoms. The summed E-state index contributed by atoms with van der Waals surface area (Å²) < 4.78 is 10.4. The molecule has 1 saturated heterocycles. The molecular weight excluding hydrogens is 230 g/mol. The quantitative estimate of drug-likeness (QED) is 0.898. The van der Waals surface area contributed by atoms with E-state index in [4.69, 9.17) is 8.94 Å². The fourth-order valence-corrected chi connectivity index (χ4v) is 2.09. The van der Waals surface area contributed by atoms with E-state index in [1.54, 1.807) is 12.3 Å². The van der Waals surface area contributed by atoms with E-state index in [0.717, 1.165) is 37.5 Å². The fraction of sp³-hybridized carbons (Fsp3) is 0.385. The van der Waals surface area contributed by atoms with Gasteiger partial charge in [-0.05, 0) is 37.6 Å². The first-order valence-corrected chi connectivity index (χ1v) is 6.18. The molecule has 2 aromatic rings. The van der Waals surface area contributed by atoms with Crippen molar-refractivity contribution in [1.82, 2.24) is 15.5 Å². The Morgan fingerprint density at radius 3 is 3.17 bits per heavy atom. The van der Waals surface area contributed by atoms with Crippen molar-refractivity contribution in [3.8, 4) is 0 Å². The second-order valence-corrected chi connectivity index (χ2v) is 4.38. The lowest BCUT2D eigenvalue weighted by Crippen LogP contribution is -2.28. The molecule has 1 atom stereocenters. The zero-order chi connectivity index (χ0) is 12.2. The lowest BCUT2D eigenvalue weighted by Gasteiger charge is -2.19. The number of nitrogens with zero attached hydrogens (tertiary/aromatic N) is 2. The molecule has 5 nitrogen and oxygen atoms in total. The van der Waals surface area contributed by atoms with Crippen molar-refractivity contribution in [1.29, 1.82) is 0 Å². The van der Waals surface area contributed by atoms with Crippen molar-refractivity contribution in [2.24, 2.45) is 0 Å². The molecule has 1 unspecified atom stereocenters. The lowest BCUT2D eigenvalue weighted by molar-refractivity contribution is 0.382. The molecule has 3 rings (SSSR count). The van der Waals surface area contributed by atoms with Crippen LogP contribution in [0, 0.1) is 0 Å². The molecule has 0 radical (unpaired) electrons. The smallest absolute Gasteiger partial charge is 0.250 e. The van der Waals surface area contributed by atoms with Gasteiger partial charge in [-0.3, -0.25) is 0 Å². The van der Waals surface area contributed by atoms with Crippen LogP contribution in [0.3, 0.4) is 0 Å². The monoisotopic (exact) mass is 245 g/mol.